The number of fused-ring (bicyclic) bond motifs is 1. The van der Waals surface area contributed by atoms with Crippen LogP contribution in [0, 0.1) is 0 Å². The number of nitrogens with one attached hydrogen (secondary N) is 4. The molecule has 47 heavy (non-hydrogen) atoms. The molecule has 0 saturated heterocycles. The molecule has 0 saturated carbocycles. The highest BCUT2D eigenvalue weighted by Gasteiger charge is 2.23. The topological polar surface area (TPSA) is 103 Å². The smallest absolute Gasteiger partial charge is 0.272 e. The maximum atomic E-state index is 13.6. The van der Waals surface area contributed by atoms with E-state index in [0.717, 1.165) is 26.9 Å². The predicted octanol–water partition coefficient (Wildman–Crippen LogP) is 8.70. The number of H-pyrrole nitrogens is 1. The van der Waals surface area contributed by atoms with Crippen molar-refractivity contribution in [3.05, 3.63) is 167 Å². The largest absolute Gasteiger partial charge is 0.361 e. The molecular formula is C38H29ClN4O3S. The van der Waals surface area contributed by atoms with E-state index >= 15 is 0 Å². The molecule has 6 rings (SSSR count). The number of aromatic nitrogens is 1. The van der Waals surface area contributed by atoms with Gasteiger partial charge in [0.1, 0.15) is 10.9 Å². The highest BCUT2D eigenvalue weighted by Crippen LogP contribution is 2.37. The van der Waals surface area contributed by atoms with Gasteiger partial charge in [0.25, 0.3) is 11.8 Å². The fourth-order valence-corrected chi connectivity index (χ4v) is 6.05. The minimum atomic E-state index is -0.536. The third-order valence-electron chi connectivity index (χ3n) is 7.27. The third-order valence-corrected chi connectivity index (χ3v) is 8.79. The van der Waals surface area contributed by atoms with Gasteiger partial charge in [-0.3, -0.25) is 14.4 Å². The van der Waals surface area contributed by atoms with E-state index in [1.54, 1.807) is 72.9 Å². The van der Waals surface area contributed by atoms with Crippen LogP contribution in [0.2, 0.25) is 5.02 Å². The van der Waals surface area contributed by atoms with Crippen LogP contribution in [0.15, 0.2) is 150 Å². The Morgan fingerprint density at radius 3 is 2.04 bits per heavy atom. The van der Waals surface area contributed by atoms with Crippen LogP contribution >= 0.6 is 23.4 Å². The van der Waals surface area contributed by atoms with E-state index in [4.69, 9.17) is 11.6 Å². The Labute approximate surface area is 281 Å². The van der Waals surface area contributed by atoms with Crippen LogP contribution in [0.3, 0.4) is 0 Å². The normalized spacial score (nSPS) is 11.9. The van der Waals surface area contributed by atoms with Gasteiger partial charge in [-0.25, -0.2) is 0 Å². The summed E-state index contributed by atoms with van der Waals surface area (Å²) in [5.41, 5.74) is 4.22. The number of thioether (sulfide) groups is 1. The second kappa shape index (κ2) is 14.7. The zero-order chi connectivity index (χ0) is 32.6. The molecule has 232 valence electrons. The Morgan fingerprint density at radius 2 is 1.32 bits per heavy atom. The predicted molar refractivity (Wildman–Crippen MR) is 190 cm³/mol. The average molecular weight is 657 g/mol. The van der Waals surface area contributed by atoms with Crippen molar-refractivity contribution in [2.75, 3.05) is 10.6 Å². The maximum Gasteiger partial charge on any atom is 0.272 e. The number of para-hydroxylation sites is 1. The van der Waals surface area contributed by atoms with E-state index in [2.05, 4.69) is 20.9 Å². The summed E-state index contributed by atoms with van der Waals surface area (Å²) in [5.74, 6) is -1.06. The molecule has 0 radical (unpaired) electrons. The Kier molecular flexibility index (Phi) is 9.81. The number of hydrogen-bond acceptors (Lipinski definition) is 4. The Bertz CT molecular complexity index is 2040. The number of carbonyl (C=O) groups is 3. The molecule has 4 N–H and O–H groups in total. The summed E-state index contributed by atoms with van der Waals surface area (Å²) in [6.07, 6.45) is 3.45. The van der Waals surface area contributed by atoms with Gasteiger partial charge in [-0.2, -0.15) is 0 Å². The quantitative estimate of drug-likeness (QED) is 0.0875. The zero-order valence-corrected chi connectivity index (χ0v) is 26.5. The van der Waals surface area contributed by atoms with Crippen LogP contribution in [0.5, 0.6) is 0 Å². The molecule has 0 aliphatic rings. The first-order valence-electron chi connectivity index (χ1n) is 14.8. The molecule has 0 fully saturated rings. The lowest BCUT2D eigenvalue weighted by atomic mass is 10.1. The van der Waals surface area contributed by atoms with E-state index in [-0.39, 0.29) is 11.6 Å². The molecule has 0 aliphatic heterocycles. The van der Waals surface area contributed by atoms with Crippen LogP contribution < -0.4 is 16.0 Å². The molecule has 1 heterocycles. The van der Waals surface area contributed by atoms with Crippen molar-refractivity contribution < 1.29 is 14.4 Å². The van der Waals surface area contributed by atoms with Crippen molar-refractivity contribution in [1.29, 1.82) is 0 Å². The first-order valence-corrected chi connectivity index (χ1v) is 16.0. The lowest BCUT2D eigenvalue weighted by Crippen LogP contribution is -2.30. The Balaban J connectivity index is 1.20. The molecule has 5 aromatic carbocycles. The minimum Gasteiger partial charge on any atom is -0.361 e. The molecular weight excluding hydrogens is 628 g/mol. The van der Waals surface area contributed by atoms with Gasteiger partial charge in [-0.1, -0.05) is 78.3 Å². The molecule has 1 unspecified atom stereocenters. The molecule has 0 aliphatic carbocycles. The van der Waals surface area contributed by atoms with Crippen molar-refractivity contribution in [1.82, 2.24) is 10.3 Å². The summed E-state index contributed by atoms with van der Waals surface area (Å²) in [6, 6.07) is 40.2. The van der Waals surface area contributed by atoms with E-state index < -0.39 is 17.1 Å². The zero-order valence-electron chi connectivity index (χ0n) is 24.9. The molecule has 1 atom stereocenters. The molecule has 0 bridgehead atoms. The monoisotopic (exact) mass is 656 g/mol. The molecule has 7 nitrogen and oxygen atoms in total. The van der Waals surface area contributed by atoms with Crippen molar-refractivity contribution in [2.45, 2.75) is 10.1 Å². The number of benzene rings is 5. The van der Waals surface area contributed by atoms with Crippen LogP contribution in [0.25, 0.3) is 17.0 Å². The van der Waals surface area contributed by atoms with Crippen LogP contribution in [0.4, 0.5) is 11.4 Å². The van der Waals surface area contributed by atoms with Gasteiger partial charge in [0.2, 0.25) is 5.91 Å². The van der Waals surface area contributed by atoms with Crippen LogP contribution in [0.1, 0.15) is 26.7 Å². The fourth-order valence-electron chi connectivity index (χ4n) is 4.90. The maximum absolute atomic E-state index is 13.6. The number of aromatic amines is 1. The van der Waals surface area contributed by atoms with Gasteiger partial charge >= 0.3 is 0 Å². The molecule has 0 spiro atoms. The Morgan fingerprint density at radius 1 is 0.702 bits per heavy atom. The van der Waals surface area contributed by atoms with Crippen LogP contribution in [-0.4, -0.2) is 22.7 Å². The number of rotatable bonds is 10. The molecule has 3 amide bonds. The summed E-state index contributed by atoms with van der Waals surface area (Å²) in [7, 11) is 0. The van der Waals surface area contributed by atoms with Gasteiger partial charge < -0.3 is 20.9 Å². The van der Waals surface area contributed by atoms with E-state index in [0.29, 0.717) is 22.0 Å². The SMILES string of the molecule is O=C(Nc1ccc(SC(C(=O)Nc2ccc(Cl)cc2)c2ccccc2)cc1)/C(=C/c1c[nH]c2ccccc12)NC(=O)c1ccccc1. The second-order valence-corrected chi connectivity index (χ2v) is 12.2. The van der Waals surface area contributed by atoms with Gasteiger partial charge in [0.05, 0.1) is 0 Å². The summed E-state index contributed by atoms with van der Waals surface area (Å²) in [4.78, 5) is 44.1. The summed E-state index contributed by atoms with van der Waals surface area (Å²) >= 11 is 7.40. The third kappa shape index (κ3) is 7.99. The lowest BCUT2D eigenvalue weighted by Gasteiger charge is -2.17. The number of anilines is 2. The number of amides is 3. The number of carbonyl (C=O) groups excluding carboxylic acids is 3. The van der Waals surface area contributed by atoms with Crippen molar-refractivity contribution >= 4 is 69.4 Å². The number of halogens is 1. The highest BCUT2D eigenvalue weighted by molar-refractivity contribution is 8.00. The van der Waals surface area contributed by atoms with E-state index in [1.807, 2.05) is 72.8 Å². The summed E-state index contributed by atoms with van der Waals surface area (Å²) in [5, 5.41) is 9.63. The number of hydrogen-bond donors (Lipinski definition) is 4. The Hall–Kier alpha value is -5.57. The lowest BCUT2D eigenvalue weighted by molar-refractivity contribution is -0.116. The van der Waals surface area contributed by atoms with Gasteiger partial charge in [0, 0.05) is 49.5 Å². The van der Waals surface area contributed by atoms with Crippen molar-refractivity contribution in [3.63, 3.8) is 0 Å². The second-order valence-electron chi connectivity index (χ2n) is 10.6. The molecule has 6 aromatic rings. The van der Waals surface area contributed by atoms with Crippen LogP contribution in [-0.2, 0) is 9.59 Å². The average Bonchev–Trinajstić information content (AvgIpc) is 3.52. The first kappa shape index (κ1) is 31.4. The van der Waals surface area contributed by atoms with E-state index in [1.165, 1.54) is 11.8 Å². The van der Waals surface area contributed by atoms with Crippen molar-refractivity contribution in [2.24, 2.45) is 0 Å². The van der Waals surface area contributed by atoms with Gasteiger partial charge in [-0.05, 0) is 78.4 Å². The summed E-state index contributed by atoms with van der Waals surface area (Å²) in [6.45, 7) is 0. The van der Waals surface area contributed by atoms with Gasteiger partial charge in [-0.15, -0.1) is 11.8 Å². The highest BCUT2D eigenvalue weighted by atomic mass is 35.5. The summed E-state index contributed by atoms with van der Waals surface area (Å²) < 4.78 is 0. The van der Waals surface area contributed by atoms with Gasteiger partial charge in [0.15, 0.2) is 0 Å². The minimum absolute atomic E-state index is 0.0880. The van der Waals surface area contributed by atoms with E-state index in [9.17, 15) is 14.4 Å². The standard InChI is InChI=1S/C38H29ClN4O3S/c39-28-15-17-29(18-16-28)42-38(46)35(25-9-3-1-4-10-25)47-31-21-19-30(20-22-31)41-37(45)34(43-36(44)26-11-5-2-6-12-26)23-27-24-40-33-14-8-7-13-32(27)33/h1-24,35,40H,(H,41,45)(H,42,46)(H,43,44)/b34-23-. The fraction of sp³-hybridized carbons (Fsp3) is 0.0263. The molecule has 1 aromatic heterocycles. The van der Waals surface area contributed by atoms with Crippen molar-refractivity contribution in [3.8, 4) is 0 Å². The first-order chi connectivity index (χ1) is 22.9. The molecule has 9 heteroatoms.